The Balaban J connectivity index is 2.14. The van der Waals surface area contributed by atoms with Crippen molar-refractivity contribution >= 4 is 5.97 Å². The Kier molecular flexibility index (Phi) is 6.45. The molecule has 0 saturated heterocycles. The normalized spacial score (nSPS) is 18.5. The second-order valence-electron chi connectivity index (χ2n) is 4.56. The molecule has 1 aliphatic carbocycles. The fourth-order valence-corrected chi connectivity index (χ4v) is 2.16. The van der Waals surface area contributed by atoms with Crippen LogP contribution in [-0.4, -0.2) is 12.6 Å². The van der Waals surface area contributed by atoms with Crippen molar-refractivity contribution < 1.29 is 9.53 Å². The first kappa shape index (κ1) is 12.5. The maximum absolute atomic E-state index is 11.7. The maximum Gasteiger partial charge on any atom is 0.308 e. The van der Waals surface area contributed by atoms with E-state index in [-0.39, 0.29) is 11.9 Å². The third-order valence-electron chi connectivity index (χ3n) is 3.18. The first-order valence-corrected chi connectivity index (χ1v) is 6.51. The zero-order chi connectivity index (χ0) is 10.9. The van der Waals surface area contributed by atoms with Crippen LogP contribution in [0.15, 0.2) is 0 Å². The first-order valence-electron chi connectivity index (χ1n) is 6.51. The third kappa shape index (κ3) is 5.19. The van der Waals surface area contributed by atoms with E-state index in [0.717, 1.165) is 25.7 Å². The van der Waals surface area contributed by atoms with Gasteiger partial charge in [0.2, 0.25) is 0 Å². The monoisotopic (exact) mass is 212 g/mol. The van der Waals surface area contributed by atoms with Crippen LogP contribution in [0.1, 0.15) is 64.7 Å². The summed E-state index contributed by atoms with van der Waals surface area (Å²) in [6.07, 6.45) is 10.5. The molecule has 88 valence electrons. The van der Waals surface area contributed by atoms with Crippen molar-refractivity contribution in [3.8, 4) is 0 Å². The predicted octanol–water partition coefficient (Wildman–Crippen LogP) is 3.69. The molecule has 0 aromatic heterocycles. The highest BCUT2D eigenvalue weighted by Crippen LogP contribution is 2.23. The molecular formula is C13H24O2. The second kappa shape index (κ2) is 7.72. The SMILES string of the molecule is CCCCCOC(=O)C1CCCCCC1. The molecule has 1 rings (SSSR count). The molecule has 0 aromatic rings. The lowest BCUT2D eigenvalue weighted by Gasteiger charge is -2.12. The van der Waals surface area contributed by atoms with Gasteiger partial charge in [0.25, 0.3) is 0 Å². The minimum atomic E-state index is 0.0630. The van der Waals surface area contributed by atoms with Gasteiger partial charge in [0.1, 0.15) is 0 Å². The van der Waals surface area contributed by atoms with Gasteiger partial charge in [0, 0.05) is 0 Å². The summed E-state index contributed by atoms with van der Waals surface area (Å²) in [7, 11) is 0. The number of carbonyl (C=O) groups is 1. The Labute approximate surface area is 93.4 Å². The van der Waals surface area contributed by atoms with Crippen molar-refractivity contribution in [2.75, 3.05) is 6.61 Å². The highest BCUT2D eigenvalue weighted by molar-refractivity contribution is 5.72. The van der Waals surface area contributed by atoms with E-state index < -0.39 is 0 Å². The summed E-state index contributed by atoms with van der Waals surface area (Å²) in [6, 6.07) is 0. The highest BCUT2D eigenvalue weighted by Gasteiger charge is 2.20. The fourth-order valence-electron chi connectivity index (χ4n) is 2.16. The van der Waals surface area contributed by atoms with Gasteiger partial charge in [-0.2, -0.15) is 0 Å². The van der Waals surface area contributed by atoms with Gasteiger partial charge in [-0.05, 0) is 19.3 Å². The Morgan fingerprint density at radius 1 is 1.13 bits per heavy atom. The summed E-state index contributed by atoms with van der Waals surface area (Å²) in [5, 5.41) is 0. The summed E-state index contributed by atoms with van der Waals surface area (Å²) in [4.78, 5) is 11.7. The number of hydrogen-bond donors (Lipinski definition) is 0. The lowest BCUT2D eigenvalue weighted by Crippen LogP contribution is -2.17. The Morgan fingerprint density at radius 2 is 1.80 bits per heavy atom. The Morgan fingerprint density at radius 3 is 2.40 bits per heavy atom. The molecule has 0 N–H and O–H groups in total. The standard InChI is InChI=1S/C13H24O2/c1-2-3-8-11-15-13(14)12-9-6-4-5-7-10-12/h12H,2-11H2,1H3. The average molecular weight is 212 g/mol. The largest absolute Gasteiger partial charge is 0.465 e. The van der Waals surface area contributed by atoms with Crippen LogP contribution < -0.4 is 0 Å². The number of carbonyl (C=O) groups excluding carboxylic acids is 1. The molecule has 0 amide bonds. The van der Waals surface area contributed by atoms with Crippen molar-refractivity contribution in [2.45, 2.75) is 64.7 Å². The summed E-state index contributed by atoms with van der Waals surface area (Å²) < 4.78 is 5.30. The predicted molar refractivity (Wildman–Crippen MR) is 61.7 cm³/mol. The fraction of sp³-hybridized carbons (Fsp3) is 0.923. The van der Waals surface area contributed by atoms with Gasteiger partial charge < -0.3 is 4.74 Å². The van der Waals surface area contributed by atoms with Crippen LogP contribution in [0.3, 0.4) is 0 Å². The number of ether oxygens (including phenoxy) is 1. The average Bonchev–Trinajstić information content (AvgIpc) is 2.52. The molecule has 0 unspecified atom stereocenters. The molecule has 0 heterocycles. The van der Waals surface area contributed by atoms with E-state index in [0.29, 0.717) is 6.61 Å². The maximum atomic E-state index is 11.7. The Bertz CT molecular complexity index is 169. The number of rotatable bonds is 5. The van der Waals surface area contributed by atoms with Crippen molar-refractivity contribution in [2.24, 2.45) is 5.92 Å². The van der Waals surface area contributed by atoms with Crippen molar-refractivity contribution in [1.29, 1.82) is 0 Å². The molecule has 0 bridgehead atoms. The molecule has 0 atom stereocenters. The van der Waals surface area contributed by atoms with Crippen molar-refractivity contribution in [3.63, 3.8) is 0 Å². The molecule has 1 aliphatic rings. The zero-order valence-electron chi connectivity index (χ0n) is 9.96. The van der Waals surface area contributed by atoms with E-state index in [9.17, 15) is 4.79 Å². The van der Waals surface area contributed by atoms with E-state index in [2.05, 4.69) is 6.92 Å². The third-order valence-corrected chi connectivity index (χ3v) is 3.18. The Hall–Kier alpha value is -0.530. The van der Waals surface area contributed by atoms with Gasteiger partial charge in [-0.1, -0.05) is 45.4 Å². The van der Waals surface area contributed by atoms with E-state index >= 15 is 0 Å². The molecule has 15 heavy (non-hydrogen) atoms. The summed E-state index contributed by atoms with van der Waals surface area (Å²) >= 11 is 0. The van der Waals surface area contributed by atoms with Crippen LogP contribution in [0.2, 0.25) is 0 Å². The van der Waals surface area contributed by atoms with Crippen LogP contribution in [0.4, 0.5) is 0 Å². The van der Waals surface area contributed by atoms with Gasteiger partial charge in [0.05, 0.1) is 12.5 Å². The van der Waals surface area contributed by atoms with E-state index in [4.69, 9.17) is 4.74 Å². The van der Waals surface area contributed by atoms with Crippen LogP contribution in [0.25, 0.3) is 0 Å². The quantitative estimate of drug-likeness (QED) is 0.394. The van der Waals surface area contributed by atoms with Gasteiger partial charge in [-0.15, -0.1) is 0 Å². The molecule has 1 fully saturated rings. The van der Waals surface area contributed by atoms with Crippen molar-refractivity contribution in [1.82, 2.24) is 0 Å². The summed E-state index contributed by atoms with van der Waals surface area (Å²) in [5.74, 6) is 0.266. The topological polar surface area (TPSA) is 26.3 Å². The molecular weight excluding hydrogens is 188 g/mol. The number of esters is 1. The van der Waals surface area contributed by atoms with Crippen LogP contribution in [0.5, 0.6) is 0 Å². The number of hydrogen-bond acceptors (Lipinski definition) is 2. The van der Waals surface area contributed by atoms with Gasteiger partial charge >= 0.3 is 5.97 Å². The molecule has 2 nitrogen and oxygen atoms in total. The van der Waals surface area contributed by atoms with E-state index in [1.807, 2.05) is 0 Å². The second-order valence-corrected chi connectivity index (χ2v) is 4.56. The van der Waals surface area contributed by atoms with Crippen LogP contribution >= 0.6 is 0 Å². The van der Waals surface area contributed by atoms with Crippen LogP contribution in [-0.2, 0) is 9.53 Å². The van der Waals surface area contributed by atoms with Gasteiger partial charge in [-0.3, -0.25) is 4.79 Å². The van der Waals surface area contributed by atoms with Crippen molar-refractivity contribution in [3.05, 3.63) is 0 Å². The minimum Gasteiger partial charge on any atom is -0.465 e. The molecule has 0 spiro atoms. The minimum absolute atomic E-state index is 0.0630. The molecule has 2 heteroatoms. The number of unbranched alkanes of at least 4 members (excludes halogenated alkanes) is 2. The van der Waals surface area contributed by atoms with Gasteiger partial charge in [-0.25, -0.2) is 0 Å². The zero-order valence-corrected chi connectivity index (χ0v) is 9.96. The highest BCUT2D eigenvalue weighted by atomic mass is 16.5. The van der Waals surface area contributed by atoms with E-state index in [1.54, 1.807) is 0 Å². The molecule has 0 aliphatic heterocycles. The smallest absolute Gasteiger partial charge is 0.308 e. The lowest BCUT2D eigenvalue weighted by molar-refractivity contribution is -0.149. The lowest BCUT2D eigenvalue weighted by atomic mass is 10.0. The summed E-state index contributed by atoms with van der Waals surface area (Å²) in [6.45, 7) is 2.79. The molecule has 1 saturated carbocycles. The first-order chi connectivity index (χ1) is 7.34. The summed E-state index contributed by atoms with van der Waals surface area (Å²) in [5.41, 5.74) is 0. The van der Waals surface area contributed by atoms with E-state index in [1.165, 1.54) is 32.1 Å². The van der Waals surface area contributed by atoms with Gasteiger partial charge in [0.15, 0.2) is 0 Å². The van der Waals surface area contributed by atoms with Crippen LogP contribution in [0, 0.1) is 5.92 Å². The molecule has 0 radical (unpaired) electrons. The molecule has 0 aromatic carbocycles.